The maximum Gasteiger partial charge on any atom is 0.255 e. The molecule has 0 spiro atoms. The van der Waals surface area contributed by atoms with Gasteiger partial charge in [0.25, 0.3) is 5.91 Å². The van der Waals surface area contributed by atoms with Crippen molar-refractivity contribution in [1.29, 1.82) is 0 Å². The highest BCUT2D eigenvalue weighted by atomic mass is 19.1. The van der Waals surface area contributed by atoms with Crippen LogP contribution in [0.4, 0.5) is 10.1 Å². The average Bonchev–Trinajstić information content (AvgIpc) is 2.66. The smallest absolute Gasteiger partial charge is 0.255 e. The number of halogens is 1. The van der Waals surface area contributed by atoms with Crippen LogP contribution in [0.15, 0.2) is 28.7 Å². The molecule has 3 aliphatic rings. The second kappa shape index (κ2) is 6.55. The summed E-state index contributed by atoms with van der Waals surface area (Å²) in [7, 11) is 3.29. The van der Waals surface area contributed by atoms with E-state index >= 15 is 0 Å². The summed E-state index contributed by atoms with van der Waals surface area (Å²) >= 11 is 0. The number of primary amides is 1. The number of benzene rings is 1. The van der Waals surface area contributed by atoms with Crippen molar-refractivity contribution in [2.75, 3.05) is 19.0 Å². The van der Waals surface area contributed by atoms with Crippen LogP contribution in [0.25, 0.3) is 0 Å². The molecule has 0 radical (unpaired) electrons. The first kappa shape index (κ1) is 20.9. The Morgan fingerprint density at radius 2 is 1.87 bits per heavy atom. The van der Waals surface area contributed by atoms with Gasteiger partial charge in [-0.05, 0) is 24.3 Å². The summed E-state index contributed by atoms with van der Waals surface area (Å²) in [4.78, 5) is 39.3. The average molecular weight is 432 g/mol. The number of allylic oxidation sites excluding steroid dienone is 2. The second-order valence-electron chi connectivity index (χ2n) is 8.38. The van der Waals surface area contributed by atoms with Gasteiger partial charge in [-0.1, -0.05) is 0 Å². The molecule has 1 aromatic carbocycles. The molecule has 0 aliphatic heterocycles. The minimum absolute atomic E-state index is 0.0217. The fraction of sp³-hybridized carbons (Fsp3) is 0.381. The third-order valence-corrected chi connectivity index (χ3v) is 6.47. The predicted octanol–water partition coefficient (Wildman–Crippen LogP) is 0.786. The molecule has 0 fully saturated rings. The number of fused-ring (bicyclic) bond motifs is 3. The fourth-order valence-corrected chi connectivity index (χ4v) is 5.03. The number of nitrogens with zero attached hydrogens (tertiary/aromatic N) is 1. The zero-order valence-electron chi connectivity index (χ0n) is 16.8. The topological polar surface area (TPSA) is 161 Å². The van der Waals surface area contributed by atoms with E-state index in [1.54, 1.807) is 19.0 Å². The van der Waals surface area contributed by atoms with Crippen molar-refractivity contribution in [3.05, 3.63) is 45.7 Å². The normalized spacial score (nSPS) is 27.6. The van der Waals surface area contributed by atoms with Crippen LogP contribution >= 0.6 is 0 Å². The van der Waals surface area contributed by atoms with Gasteiger partial charge in [-0.25, -0.2) is 4.39 Å². The number of hydrogen-bond donors (Lipinski definition) is 5. The maximum absolute atomic E-state index is 14.3. The van der Waals surface area contributed by atoms with Gasteiger partial charge in [-0.3, -0.25) is 14.4 Å². The Bertz CT molecular complexity index is 1140. The van der Waals surface area contributed by atoms with E-state index in [2.05, 4.69) is 0 Å². The first-order valence-electron chi connectivity index (χ1n) is 9.60. The minimum atomic E-state index is -2.64. The third kappa shape index (κ3) is 2.61. The van der Waals surface area contributed by atoms with E-state index in [4.69, 9.17) is 5.73 Å². The van der Waals surface area contributed by atoms with Gasteiger partial charge in [0.1, 0.15) is 17.1 Å². The second-order valence-corrected chi connectivity index (χ2v) is 8.38. The van der Waals surface area contributed by atoms with E-state index in [0.717, 1.165) is 6.07 Å². The molecule has 4 rings (SSSR count). The number of aliphatic hydroxyl groups is 3. The maximum atomic E-state index is 14.3. The van der Waals surface area contributed by atoms with E-state index in [1.807, 2.05) is 0 Å². The molecule has 164 valence electrons. The van der Waals surface area contributed by atoms with Crippen LogP contribution in [-0.2, 0) is 16.0 Å². The number of carbonyl (C=O) groups excluding carboxylic acids is 3. The molecular weight excluding hydrogens is 411 g/mol. The van der Waals surface area contributed by atoms with E-state index in [-0.39, 0.29) is 30.4 Å². The Morgan fingerprint density at radius 3 is 2.45 bits per heavy atom. The number of anilines is 1. The number of rotatable bonds is 2. The van der Waals surface area contributed by atoms with Crippen molar-refractivity contribution in [1.82, 2.24) is 0 Å². The molecule has 0 saturated heterocycles. The SMILES string of the molecule is CN(C)c1cc(F)c(O)c2c1C[C@H]1C[C@H]3CC(O)=C(C(N)=O)C(=O)[C@@]3(O)C(O)=C1C2=O. The third-order valence-electron chi connectivity index (χ3n) is 6.47. The molecule has 0 aromatic heterocycles. The molecule has 3 aliphatic carbocycles. The van der Waals surface area contributed by atoms with Crippen LogP contribution in [-0.4, -0.2) is 57.6 Å². The highest BCUT2D eigenvalue weighted by Gasteiger charge is 2.59. The van der Waals surface area contributed by atoms with Gasteiger partial charge in [0, 0.05) is 43.8 Å². The Hall–Kier alpha value is -3.40. The molecule has 6 N–H and O–H groups in total. The highest BCUT2D eigenvalue weighted by molar-refractivity contribution is 6.24. The van der Waals surface area contributed by atoms with Gasteiger partial charge in [-0.15, -0.1) is 0 Å². The molecule has 0 heterocycles. The lowest BCUT2D eigenvalue weighted by Crippen LogP contribution is -2.57. The van der Waals surface area contributed by atoms with Gasteiger partial charge in [-0.2, -0.15) is 0 Å². The van der Waals surface area contributed by atoms with E-state index in [1.165, 1.54) is 0 Å². The summed E-state index contributed by atoms with van der Waals surface area (Å²) in [5.41, 5.74) is 1.75. The minimum Gasteiger partial charge on any atom is -0.511 e. The summed E-state index contributed by atoms with van der Waals surface area (Å²) in [6.07, 6.45) is -0.158. The molecule has 3 atom stereocenters. The van der Waals surface area contributed by atoms with Gasteiger partial charge in [0.15, 0.2) is 23.0 Å². The van der Waals surface area contributed by atoms with Crippen LogP contribution in [0.2, 0.25) is 0 Å². The standard InChI is InChI=1S/C21H21FN2O7/c1-24(2)11-6-10(22)16(26)14-9(11)4-7-3-8-5-12(25)15(20(23)30)19(29)21(8,31)18(28)13(7)17(14)27/h6-8,25-26,28,31H,3-5H2,1-2H3,(H2,23,30)/t7-,8+,21+/m1/s1. The van der Waals surface area contributed by atoms with Crippen LogP contribution in [0, 0.1) is 17.7 Å². The van der Waals surface area contributed by atoms with Crippen LogP contribution in [0.1, 0.15) is 28.8 Å². The van der Waals surface area contributed by atoms with Gasteiger partial charge >= 0.3 is 0 Å². The first-order chi connectivity index (χ1) is 14.4. The molecule has 0 bridgehead atoms. The lowest BCUT2D eigenvalue weighted by Gasteiger charge is -2.45. The quantitative estimate of drug-likeness (QED) is 0.429. The van der Waals surface area contributed by atoms with E-state index < -0.39 is 63.6 Å². The van der Waals surface area contributed by atoms with Crippen LogP contribution < -0.4 is 10.6 Å². The number of aromatic hydroxyl groups is 1. The summed E-state index contributed by atoms with van der Waals surface area (Å²) in [6.45, 7) is 0. The summed E-state index contributed by atoms with van der Waals surface area (Å²) in [6, 6.07) is 1.10. The van der Waals surface area contributed by atoms with E-state index in [0.29, 0.717) is 11.3 Å². The summed E-state index contributed by atoms with van der Waals surface area (Å²) in [5, 5.41) is 42.4. The Morgan fingerprint density at radius 1 is 1.23 bits per heavy atom. The summed E-state index contributed by atoms with van der Waals surface area (Å²) < 4.78 is 14.3. The molecule has 1 amide bonds. The van der Waals surface area contributed by atoms with Crippen molar-refractivity contribution in [3.8, 4) is 5.75 Å². The van der Waals surface area contributed by atoms with E-state index in [9.17, 15) is 39.2 Å². The van der Waals surface area contributed by atoms with Crippen molar-refractivity contribution < 1.29 is 39.2 Å². The fourth-order valence-electron chi connectivity index (χ4n) is 5.03. The molecule has 0 unspecified atom stereocenters. The lowest BCUT2D eigenvalue weighted by molar-refractivity contribution is -0.144. The number of Topliss-reactive ketones (excluding diaryl/α,β-unsaturated/α-hetero) is 2. The number of aliphatic hydroxyl groups excluding tert-OH is 2. The molecule has 1 aromatic rings. The number of nitrogens with two attached hydrogens (primary N) is 1. The number of phenols is 1. The van der Waals surface area contributed by atoms with Gasteiger partial charge in [0.2, 0.25) is 5.78 Å². The Kier molecular flexibility index (Phi) is 4.40. The molecule has 9 nitrogen and oxygen atoms in total. The Balaban J connectivity index is 1.94. The number of ketones is 2. The molecule has 0 saturated carbocycles. The Labute approximate surface area is 175 Å². The zero-order chi connectivity index (χ0) is 23.0. The van der Waals surface area contributed by atoms with Crippen molar-refractivity contribution >= 4 is 23.2 Å². The largest absolute Gasteiger partial charge is 0.511 e. The van der Waals surface area contributed by atoms with Crippen molar-refractivity contribution in [2.45, 2.75) is 24.9 Å². The predicted molar refractivity (Wildman–Crippen MR) is 105 cm³/mol. The number of phenolic OH excluding ortho intramolecular Hbond substituents is 1. The van der Waals surface area contributed by atoms with Crippen molar-refractivity contribution in [2.24, 2.45) is 17.6 Å². The lowest BCUT2D eigenvalue weighted by atomic mass is 9.60. The molecule has 31 heavy (non-hydrogen) atoms. The summed E-state index contributed by atoms with van der Waals surface area (Å²) in [5.74, 6) is -8.62. The number of hydrogen-bond acceptors (Lipinski definition) is 8. The number of carbonyl (C=O) groups is 3. The van der Waals surface area contributed by atoms with Gasteiger partial charge < -0.3 is 31.1 Å². The highest BCUT2D eigenvalue weighted by Crippen LogP contribution is 2.52. The van der Waals surface area contributed by atoms with Crippen LogP contribution in [0.3, 0.4) is 0 Å². The van der Waals surface area contributed by atoms with Gasteiger partial charge in [0.05, 0.1) is 5.56 Å². The molecular formula is C21H21FN2O7. The van der Waals surface area contributed by atoms with Crippen molar-refractivity contribution in [3.63, 3.8) is 0 Å². The number of amides is 1. The van der Waals surface area contributed by atoms with Crippen LogP contribution in [0.5, 0.6) is 5.75 Å². The monoisotopic (exact) mass is 432 g/mol. The molecule has 10 heteroatoms. The first-order valence-corrected chi connectivity index (χ1v) is 9.60. The zero-order valence-corrected chi connectivity index (χ0v) is 16.8.